The van der Waals surface area contributed by atoms with Crippen molar-refractivity contribution in [2.45, 2.75) is 32.4 Å². The molecule has 2 heterocycles. The van der Waals surface area contributed by atoms with Gasteiger partial charge >= 0.3 is 0 Å². The molecule has 0 spiro atoms. The van der Waals surface area contributed by atoms with Crippen molar-refractivity contribution in [3.05, 3.63) is 65.9 Å². The zero-order valence-corrected chi connectivity index (χ0v) is 21.1. The predicted molar refractivity (Wildman–Crippen MR) is 139 cm³/mol. The lowest BCUT2D eigenvalue weighted by Crippen LogP contribution is -2.40. The fourth-order valence-electron chi connectivity index (χ4n) is 4.10. The smallest absolute Gasteiger partial charge is 0.232 e. The van der Waals surface area contributed by atoms with E-state index in [9.17, 15) is 8.42 Å². The number of piperidine rings is 1. The lowest BCUT2D eigenvalue weighted by Gasteiger charge is -2.32. The van der Waals surface area contributed by atoms with E-state index in [0.717, 1.165) is 32.2 Å². The summed E-state index contributed by atoms with van der Waals surface area (Å²) in [4.78, 5) is 2.03. The van der Waals surface area contributed by atoms with E-state index >= 15 is 0 Å². The van der Waals surface area contributed by atoms with Gasteiger partial charge in [-0.05, 0) is 37.3 Å². The van der Waals surface area contributed by atoms with Crippen LogP contribution in [0.4, 0.5) is 5.69 Å². The van der Waals surface area contributed by atoms with E-state index in [0.29, 0.717) is 39.9 Å². The summed E-state index contributed by atoms with van der Waals surface area (Å²) in [5, 5.41) is 19.4. The minimum atomic E-state index is -3.61. The van der Waals surface area contributed by atoms with E-state index in [1.807, 2.05) is 11.0 Å². The van der Waals surface area contributed by atoms with Crippen LogP contribution < -0.4 is 14.8 Å². The highest BCUT2D eigenvalue weighted by Crippen LogP contribution is 2.27. The van der Waals surface area contributed by atoms with Crippen LogP contribution >= 0.6 is 0 Å². The largest absolute Gasteiger partial charge is 0.490 e. The molecule has 0 aliphatic carbocycles. The Morgan fingerprint density at radius 1 is 1.17 bits per heavy atom. The van der Waals surface area contributed by atoms with Gasteiger partial charge < -0.3 is 19.9 Å². The summed E-state index contributed by atoms with van der Waals surface area (Å²) in [6.07, 6.45) is 2.86. The molecule has 1 aromatic heterocycles. The molecule has 0 radical (unpaired) electrons. The third-order valence-electron chi connectivity index (χ3n) is 6.07. The molecule has 190 valence electrons. The second kappa shape index (κ2) is 10.4. The van der Waals surface area contributed by atoms with Gasteiger partial charge in [0.25, 0.3) is 0 Å². The van der Waals surface area contributed by atoms with Crippen molar-refractivity contribution >= 4 is 27.4 Å². The summed E-state index contributed by atoms with van der Waals surface area (Å²) in [5.74, 6) is 1.56. The Bertz CT molecular complexity index is 1340. The molecule has 10 nitrogen and oxygen atoms in total. The lowest BCUT2D eigenvalue weighted by atomic mass is 10.1. The fourth-order valence-corrected chi connectivity index (χ4v) is 4.97. The molecule has 1 saturated heterocycles. The van der Waals surface area contributed by atoms with Gasteiger partial charge in [0.05, 0.1) is 24.3 Å². The van der Waals surface area contributed by atoms with E-state index in [-0.39, 0.29) is 18.5 Å². The zero-order valence-electron chi connectivity index (χ0n) is 20.3. The maximum atomic E-state index is 12.6. The van der Waals surface area contributed by atoms with Gasteiger partial charge in [0.1, 0.15) is 23.4 Å². The maximum Gasteiger partial charge on any atom is 0.232 e. The van der Waals surface area contributed by atoms with Crippen molar-refractivity contribution in [2.24, 2.45) is 5.73 Å². The first-order valence-electron chi connectivity index (χ1n) is 11.5. The number of benzene rings is 2. The molecule has 3 aromatic rings. The number of hydrogen-bond donors (Lipinski definition) is 3. The molecule has 0 saturated carbocycles. The Morgan fingerprint density at radius 3 is 2.47 bits per heavy atom. The first-order chi connectivity index (χ1) is 17.1. The van der Waals surface area contributed by atoms with Crippen molar-refractivity contribution < 1.29 is 17.7 Å². The third-order valence-corrected chi connectivity index (χ3v) is 7.21. The topological polar surface area (TPSA) is 150 Å². The summed E-state index contributed by atoms with van der Waals surface area (Å²) >= 11 is 0. The molecule has 1 aliphatic rings. The van der Waals surface area contributed by atoms with Gasteiger partial charge in [-0.25, -0.2) is 8.42 Å². The maximum absolute atomic E-state index is 12.6. The number of sulfonamides is 1. The first kappa shape index (κ1) is 25.2. The minimum absolute atomic E-state index is 0.0279. The van der Waals surface area contributed by atoms with Gasteiger partial charge in [-0.1, -0.05) is 23.4 Å². The van der Waals surface area contributed by atoms with Gasteiger partial charge in [-0.2, -0.15) is 0 Å². The average molecular weight is 511 g/mol. The Morgan fingerprint density at radius 2 is 1.86 bits per heavy atom. The molecule has 0 amide bonds. The van der Waals surface area contributed by atoms with E-state index in [4.69, 9.17) is 25.8 Å². The molecule has 0 bridgehead atoms. The second-order valence-electron chi connectivity index (χ2n) is 8.83. The average Bonchev–Trinajstić information content (AvgIpc) is 3.32. The monoisotopic (exact) mass is 510 g/mol. The Balaban J connectivity index is 1.46. The molecule has 4 rings (SSSR count). The van der Waals surface area contributed by atoms with Gasteiger partial charge in [0.15, 0.2) is 5.76 Å². The van der Waals surface area contributed by atoms with Crippen LogP contribution in [-0.4, -0.2) is 55.6 Å². The summed E-state index contributed by atoms with van der Waals surface area (Å²) < 4.78 is 37.9. The summed E-state index contributed by atoms with van der Waals surface area (Å²) in [6.45, 7) is 3.34. The predicted octanol–water partition coefficient (Wildman–Crippen LogP) is 3.43. The van der Waals surface area contributed by atoms with Gasteiger partial charge in [-0.15, -0.1) is 0 Å². The number of anilines is 1. The fraction of sp³-hybridized carbons (Fsp3) is 0.320. The summed E-state index contributed by atoms with van der Waals surface area (Å²) in [7, 11) is -3.61. The molecular formula is C25H30N6O4S. The number of nitrogens with one attached hydrogen (secondary N) is 2. The van der Waals surface area contributed by atoms with Crippen molar-refractivity contribution in [3.63, 3.8) is 0 Å². The zero-order chi connectivity index (χ0) is 25.9. The second-order valence-corrected chi connectivity index (χ2v) is 10.7. The highest BCUT2D eigenvalue weighted by Gasteiger charge is 2.23. The van der Waals surface area contributed by atoms with E-state index in [1.54, 1.807) is 55.5 Å². The van der Waals surface area contributed by atoms with Crippen molar-refractivity contribution in [3.8, 4) is 17.0 Å². The van der Waals surface area contributed by atoms with Gasteiger partial charge in [0.2, 0.25) is 10.0 Å². The van der Waals surface area contributed by atoms with Crippen LogP contribution in [0.25, 0.3) is 11.3 Å². The molecule has 4 N–H and O–H groups in total. The Labute approximate surface area is 210 Å². The van der Waals surface area contributed by atoms with Crippen LogP contribution in [0.1, 0.15) is 31.1 Å². The van der Waals surface area contributed by atoms with Crippen LogP contribution in [-0.2, 0) is 16.6 Å². The van der Waals surface area contributed by atoms with Crippen LogP contribution in [0, 0.1) is 10.8 Å². The molecule has 0 unspecified atom stereocenters. The summed E-state index contributed by atoms with van der Waals surface area (Å²) in [6, 6.07) is 15.7. The number of nitrogen functional groups attached to an aromatic ring is 1. The minimum Gasteiger partial charge on any atom is -0.490 e. The van der Waals surface area contributed by atoms with E-state index < -0.39 is 10.0 Å². The first-order valence-corrected chi connectivity index (χ1v) is 13.4. The number of nitrogens with two attached hydrogens (primary N) is 1. The van der Waals surface area contributed by atoms with Crippen molar-refractivity contribution in [2.75, 3.05) is 23.7 Å². The number of rotatable bonds is 8. The Kier molecular flexibility index (Phi) is 7.30. The SMILES string of the molecule is CC(=N)N1CCC(Oc2ccc(N(Cc3cc(-c4cccc(C(=N)N)c4)no3)S(C)(=O)=O)cc2)CC1. The van der Waals surface area contributed by atoms with E-state index in [1.165, 1.54) is 4.31 Å². The molecule has 2 aromatic carbocycles. The van der Waals surface area contributed by atoms with Gasteiger partial charge in [0, 0.05) is 43.1 Å². The van der Waals surface area contributed by atoms with Crippen molar-refractivity contribution in [1.29, 1.82) is 10.8 Å². The molecule has 1 fully saturated rings. The lowest BCUT2D eigenvalue weighted by molar-refractivity contribution is 0.130. The Hall–Kier alpha value is -3.86. The molecule has 36 heavy (non-hydrogen) atoms. The number of nitrogens with zero attached hydrogens (tertiary/aromatic N) is 3. The number of likely N-dealkylation sites (tertiary alicyclic amines) is 1. The molecular weight excluding hydrogens is 480 g/mol. The highest BCUT2D eigenvalue weighted by molar-refractivity contribution is 7.92. The number of hydrogen-bond acceptors (Lipinski definition) is 7. The van der Waals surface area contributed by atoms with Crippen LogP contribution in [0.3, 0.4) is 0 Å². The molecule has 1 aliphatic heterocycles. The van der Waals surface area contributed by atoms with Crippen LogP contribution in [0.5, 0.6) is 5.75 Å². The standard InChI is InChI=1S/C25H30N6O4S/c1-17(26)30-12-10-22(11-13-30)34-21-8-6-20(7-9-21)31(36(2,32)33)16-23-15-24(29-35-23)18-4-3-5-19(14-18)25(27)28/h3-9,14-15,22,26H,10-13,16H2,1-2H3,(H3,27,28). The summed E-state index contributed by atoms with van der Waals surface area (Å²) in [5.41, 5.74) is 7.85. The molecule has 11 heteroatoms. The highest BCUT2D eigenvalue weighted by atomic mass is 32.2. The quantitative estimate of drug-likeness (QED) is 0.310. The normalized spacial score (nSPS) is 14.4. The van der Waals surface area contributed by atoms with Crippen LogP contribution in [0.2, 0.25) is 0 Å². The third kappa shape index (κ3) is 6.03. The number of aromatic nitrogens is 1. The number of ether oxygens (including phenoxy) is 1. The van der Waals surface area contributed by atoms with E-state index in [2.05, 4.69) is 5.16 Å². The number of amidine groups is 2. The van der Waals surface area contributed by atoms with Crippen molar-refractivity contribution in [1.82, 2.24) is 10.1 Å². The van der Waals surface area contributed by atoms with Crippen LogP contribution in [0.15, 0.2) is 59.1 Å². The van der Waals surface area contributed by atoms with Gasteiger partial charge in [-0.3, -0.25) is 15.1 Å². The molecule has 0 atom stereocenters.